The van der Waals surface area contributed by atoms with Gasteiger partial charge in [0, 0.05) is 10.4 Å². The van der Waals surface area contributed by atoms with E-state index in [1.54, 1.807) is 11.3 Å². The molecule has 25 heavy (non-hydrogen) atoms. The zero-order valence-corrected chi connectivity index (χ0v) is 15.9. The van der Waals surface area contributed by atoms with E-state index in [-0.39, 0.29) is 11.2 Å². The Morgan fingerprint density at radius 3 is 2.72 bits per heavy atom. The molecule has 1 amide bonds. The van der Waals surface area contributed by atoms with Gasteiger partial charge in [-0.05, 0) is 44.4 Å². The van der Waals surface area contributed by atoms with Crippen molar-refractivity contribution in [3.05, 3.63) is 51.7 Å². The highest BCUT2D eigenvalue weighted by Crippen LogP contribution is 2.27. The highest BCUT2D eigenvalue weighted by atomic mass is 32.2. The first-order valence-electron chi connectivity index (χ1n) is 7.90. The van der Waals surface area contributed by atoms with E-state index >= 15 is 0 Å². The van der Waals surface area contributed by atoms with Gasteiger partial charge in [0.15, 0.2) is 0 Å². The van der Waals surface area contributed by atoms with Gasteiger partial charge in [0.1, 0.15) is 0 Å². The maximum absolute atomic E-state index is 12.2. The second-order valence-electron chi connectivity index (χ2n) is 5.81. The molecule has 7 heteroatoms. The fourth-order valence-electron chi connectivity index (χ4n) is 2.41. The summed E-state index contributed by atoms with van der Waals surface area (Å²) in [6.07, 6.45) is 0. The van der Waals surface area contributed by atoms with Crippen LogP contribution in [0.4, 0.5) is 0 Å². The molecule has 0 saturated carbocycles. The number of thioether (sulfide) groups is 1. The standard InChI is InChI=1S/C18H19N3O2S2/c1-11-7-12(2)9-14(8-11)17-20-21-18(23-17)25-13(3)16(22)19-10-15-5-4-6-24-15/h4-9,13H,10H2,1-3H3,(H,19,22). The van der Waals surface area contributed by atoms with Gasteiger partial charge in [-0.3, -0.25) is 4.79 Å². The molecule has 0 fully saturated rings. The maximum atomic E-state index is 12.2. The molecule has 2 heterocycles. The zero-order chi connectivity index (χ0) is 17.8. The van der Waals surface area contributed by atoms with E-state index in [2.05, 4.69) is 21.6 Å². The first-order valence-corrected chi connectivity index (χ1v) is 9.66. The van der Waals surface area contributed by atoms with Crippen molar-refractivity contribution in [3.8, 4) is 11.5 Å². The Balaban J connectivity index is 1.61. The van der Waals surface area contributed by atoms with Gasteiger partial charge >= 0.3 is 0 Å². The van der Waals surface area contributed by atoms with Crippen LogP contribution in [0.25, 0.3) is 11.5 Å². The van der Waals surface area contributed by atoms with Crippen LogP contribution in [0.5, 0.6) is 0 Å². The van der Waals surface area contributed by atoms with Gasteiger partial charge in [-0.15, -0.1) is 21.5 Å². The van der Waals surface area contributed by atoms with Gasteiger partial charge in [0.2, 0.25) is 11.8 Å². The van der Waals surface area contributed by atoms with Crippen molar-refractivity contribution in [1.29, 1.82) is 0 Å². The molecule has 3 rings (SSSR count). The van der Waals surface area contributed by atoms with Gasteiger partial charge < -0.3 is 9.73 Å². The lowest BCUT2D eigenvalue weighted by molar-refractivity contribution is -0.120. The highest BCUT2D eigenvalue weighted by Gasteiger charge is 2.18. The van der Waals surface area contributed by atoms with E-state index in [1.165, 1.54) is 11.8 Å². The Hall–Kier alpha value is -2.12. The van der Waals surface area contributed by atoms with Gasteiger partial charge in [0.25, 0.3) is 5.22 Å². The smallest absolute Gasteiger partial charge is 0.277 e. The molecule has 5 nitrogen and oxygen atoms in total. The molecule has 1 unspecified atom stereocenters. The lowest BCUT2D eigenvalue weighted by Gasteiger charge is -2.08. The van der Waals surface area contributed by atoms with Crippen LogP contribution in [0.3, 0.4) is 0 Å². The average molecular weight is 374 g/mol. The Morgan fingerprint density at radius 1 is 1.28 bits per heavy atom. The quantitative estimate of drug-likeness (QED) is 0.656. The average Bonchev–Trinajstić information content (AvgIpc) is 3.23. The summed E-state index contributed by atoms with van der Waals surface area (Å²) in [4.78, 5) is 13.3. The molecule has 0 radical (unpaired) electrons. The number of rotatable bonds is 6. The van der Waals surface area contributed by atoms with E-state index in [0.717, 1.165) is 21.6 Å². The minimum Gasteiger partial charge on any atom is -0.411 e. The molecule has 0 bridgehead atoms. The van der Waals surface area contributed by atoms with Crippen LogP contribution in [-0.2, 0) is 11.3 Å². The van der Waals surface area contributed by atoms with Crippen LogP contribution in [0.2, 0.25) is 0 Å². The minimum absolute atomic E-state index is 0.0513. The van der Waals surface area contributed by atoms with Crippen LogP contribution >= 0.6 is 23.1 Å². The fourth-order valence-corrected chi connectivity index (χ4v) is 3.76. The van der Waals surface area contributed by atoms with Crippen molar-refractivity contribution in [1.82, 2.24) is 15.5 Å². The van der Waals surface area contributed by atoms with Gasteiger partial charge in [-0.25, -0.2) is 0 Å². The predicted octanol–water partition coefficient (Wildman–Crippen LogP) is 4.21. The molecule has 0 aliphatic rings. The van der Waals surface area contributed by atoms with Crippen molar-refractivity contribution >= 4 is 29.0 Å². The summed E-state index contributed by atoms with van der Waals surface area (Å²) in [5.74, 6) is 0.421. The number of hydrogen-bond acceptors (Lipinski definition) is 6. The van der Waals surface area contributed by atoms with E-state index in [9.17, 15) is 4.79 Å². The number of benzene rings is 1. The molecule has 130 valence electrons. The molecular formula is C18H19N3O2S2. The van der Waals surface area contributed by atoms with Crippen LogP contribution < -0.4 is 5.32 Å². The summed E-state index contributed by atoms with van der Waals surface area (Å²) in [5, 5.41) is 13.1. The number of thiophene rings is 1. The van der Waals surface area contributed by atoms with E-state index < -0.39 is 0 Å². The third kappa shape index (κ3) is 4.70. The van der Waals surface area contributed by atoms with Crippen molar-refractivity contribution in [2.75, 3.05) is 0 Å². The molecule has 0 spiro atoms. The lowest BCUT2D eigenvalue weighted by Crippen LogP contribution is -2.30. The summed E-state index contributed by atoms with van der Waals surface area (Å²) >= 11 is 2.89. The normalized spacial score (nSPS) is 12.1. The number of carbonyl (C=O) groups excluding carboxylic acids is 1. The molecule has 3 aromatic rings. The van der Waals surface area contributed by atoms with Crippen molar-refractivity contribution in [3.63, 3.8) is 0 Å². The molecule has 0 saturated heterocycles. The molecule has 2 aromatic heterocycles. The number of aryl methyl sites for hydroxylation is 2. The SMILES string of the molecule is Cc1cc(C)cc(-c2nnc(SC(C)C(=O)NCc3cccs3)o2)c1. The Morgan fingerprint density at radius 2 is 2.04 bits per heavy atom. The molecule has 1 atom stereocenters. The highest BCUT2D eigenvalue weighted by molar-refractivity contribution is 8.00. The molecule has 1 aromatic carbocycles. The third-order valence-corrected chi connectivity index (χ3v) is 5.35. The van der Waals surface area contributed by atoms with Crippen LogP contribution in [0.15, 0.2) is 45.4 Å². The maximum Gasteiger partial charge on any atom is 0.277 e. The zero-order valence-electron chi connectivity index (χ0n) is 14.3. The molecule has 0 aliphatic heterocycles. The van der Waals surface area contributed by atoms with Gasteiger partial charge in [-0.1, -0.05) is 35.0 Å². The van der Waals surface area contributed by atoms with E-state index in [4.69, 9.17) is 4.42 Å². The topological polar surface area (TPSA) is 68.0 Å². The van der Waals surface area contributed by atoms with Crippen molar-refractivity contribution < 1.29 is 9.21 Å². The number of hydrogen-bond donors (Lipinski definition) is 1. The Bertz CT molecular complexity index is 839. The summed E-state index contributed by atoms with van der Waals surface area (Å²) in [6.45, 7) is 6.43. The second-order valence-corrected chi connectivity index (χ2v) is 8.13. The predicted molar refractivity (Wildman–Crippen MR) is 101 cm³/mol. The number of nitrogens with one attached hydrogen (secondary N) is 1. The minimum atomic E-state index is -0.312. The first kappa shape index (κ1) is 17.7. The number of carbonyl (C=O) groups is 1. The summed E-state index contributed by atoms with van der Waals surface area (Å²) in [7, 11) is 0. The van der Waals surface area contributed by atoms with Crippen LogP contribution in [0.1, 0.15) is 22.9 Å². The summed E-state index contributed by atoms with van der Waals surface area (Å²) < 4.78 is 5.71. The van der Waals surface area contributed by atoms with Crippen LogP contribution in [-0.4, -0.2) is 21.4 Å². The monoisotopic (exact) mass is 373 g/mol. The van der Waals surface area contributed by atoms with Gasteiger partial charge in [0.05, 0.1) is 11.8 Å². The molecule has 1 N–H and O–H groups in total. The number of amides is 1. The van der Waals surface area contributed by atoms with E-state index in [0.29, 0.717) is 17.7 Å². The Kier molecular flexibility index (Phi) is 5.55. The van der Waals surface area contributed by atoms with E-state index in [1.807, 2.05) is 50.4 Å². The van der Waals surface area contributed by atoms with Crippen molar-refractivity contribution in [2.45, 2.75) is 37.8 Å². The summed E-state index contributed by atoms with van der Waals surface area (Å²) in [5.41, 5.74) is 3.18. The molecule has 0 aliphatic carbocycles. The fraction of sp³-hybridized carbons (Fsp3) is 0.278. The number of aromatic nitrogens is 2. The third-order valence-electron chi connectivity index (χ3n) is 3.54. The number of nitrogens with zero attached hydrogens (tertiary/aromatic N) is 2. The summed E-state index contributed by atoms with van der Waals surface area (Å²) in [6, 6.07) is 10.1. The second kappa shape index (κ2) is 7.84. The molecular weight excluding hydrogens is 354 g/mol. The first-order chi connectivity index (χ1) is 12.0. The van der Waals surface area contributed by atoms with Crippen LogP contribution in [0, 0.1) is 13.8 Å². The van der Waals surface area contributed by atoms with Crippen molar-refractivity contribution in [2.24, 2.45) is 0 Å². The lowest BCUT2D eigenvalue weighted by atomic mass is 10.1. The Labute approximate surface area is 154 Å². The largest absolute Gasteiger partial charge is 0.411 e. The van der Waals surface area contributed by atoms with Gasteiger partial charge in [-0.2, -0.15) is 0 Å².